The Morgan fingerprint density at radius 1 is 1.33 bits per heavy atom. The lowest BCUT2D eigenvalue weighted by Crippen LogP contribution is -2.22. The van der Waals surface area contributed by atoms with Gasteiger partial charge in [-0.3, -0.25) is 0 Å². The first kappa shape index (κ1) is 18.3. The van der Waals surface area contributed by atoms with Gasteiger partial charge in [-0.2, -0.15) is 0 Å². The molecule has 0 saturated heterocycles. The monoisotopic (exact) mass is 456 g/mol. The molecular weight excluding hydrogens is 439 g/mol. The average Bonchev–Trinajstić information content (AvgIpc) is 3.25. The Kier molecular flexibility index (Phi) is 6.62. The molecule has 0 unspecified atom stereocenters. The van der Waals surface area contributed by atoms with E-state index in [4.69, 9.17) is 14.9 Å². The normalized spacial score (nSPS) is 11.0. The summed E-state index contributed by atoms with van der Waals surface area (Å²) in [7, 11) is 1.63. The number of hydrogen-bond acceptors (Lipinski definition) is 5. The topological polar surface area (TPSA) is 85.7 Å². The predicted octanol–water partition coefficient (Wildman–Crippen LogP) is 3.96. The molecule has 0 radical (unpaired) electrons. The number of methoxy groups -OCH3 is 1. The molecule has 8 heteroatoms. The molecule has 0 amide bonds. The Balaban J connectivity index is 0.00000208. The highest BCUT2D eigenvalue weighted by atomic mass is 127. The van der Waals surface area contributed by atoms with Gasteiger partial charge in [-0.25, -0.2) is 9.98 Å². The van der Waals surface area contributed by atoms with E-state index in [2.05, 4.69) is 15.3 Å². The van der Waals surface area contributed by atoms with Crippen LogP contribution in [-0.2, 0) is 6.54 Å². The fourth-order valence-corrected chi connectivity index (χ4v) is 2.70. The number of nitrogens with one attached hydrogen (secondary N) is 1. The zero-order valence-corrected chi connectivity index (χ0v) is 16.1. The first-order chi connectivity index (χ1) is 11.2. The van der Waals surface area contributed by atoms with Crippen molar-refractivity contribution in [2.75, 3.05) is 12.4 Å². The van der Waals surface area contributed by atoms with Crippen molar-refractivity contribution in [2.45, 2.75) is 6.54 Å². The van der Waals surface area contributed by atoms with Crippen LogP contribution in [0.2, 0.25) is 0 Å². The lowest BCUT2D eigenvalue weighted by Gasteiger charge is -2.06. The zero-order chi connectivity index (χ0) is 16.1. The van der Waals surface area contributed by atoms with Gasteiger partial charge in [-0.05, 0) is 36.4 Å². The first-order valence-electron chi connectivity index (χ1n) is 6.94. The van der Waals surface area contributed by atoms with Gasteiger partial charge in [0.15, 0.2) is 16.7 Å². The van der Waals surface area contributed by atoms with Gasteiger partial charge in [0.05, 0.1) is 25.6 Å². The quantitative estimate of drug-likeness (QED) is 0.345. The molecule has 3 rings (SSSR count). The van der Waals surface area contributed by atoms with Crippen LogP contribution >= 0.6 is 35.3 Å². The number of nitrogens with zero attached hydrogens (tertiary/aromatic N) is 2. The van der Waals surface area contributed by atoms with E-state index in [0.717, 1.165) is 27.9 Å². The summed E-state index contributed by atoms with van der Waals surface area (Å²) in [6.45, 7) is 0.409. The Labute approximate surface area is 160 Å². The third kappa shape index (κ3) is 4.71. The molecule has 0 bridgehead atoms. The number of anilines is 1. The number of aromatic nitrogens is 1. The van der Waals surface area contributed by atoms with Crippen molar-refractivity contribution in [2.24, 2.45) is 10.7 Å². The summed E-state index contributed by atoms with van der Waals surface area (Å²) < 4.78 is 10.4. The molecule has 0 aliphatic rings. The van der Waals surface area contributed by atoms with E-state index in [9.17, 15) is 0 Å². The van der Waals surface area contributed by atoms with Gasteiger partial charge in [0.2, 0.25) is 0 Å². The van der Waals surface area contributed by atoms with Gasteiger partial charge in [-0.15, -0.1) is 35.3 Å². The van der Waals surface area contributed by atoms with Crippen LogP contribution in [0.3, 0.4) is 0 Å². The van der Waals surface area contributed by atoms with Crippen LogP contribution in [0.4, 0.5) is 5.69 Å². The van der Waals surface area contributed by atoms with E-state index in [1.165, 1.54) is 11.3 Å². The smallest absolute Gasteiger partial charge is 0.193 e. The molecule has 0 spiro atoms. The highest BCUT2D eigenvalue weighted by Gasteiger charge is 2.06. The van der Waals surface area contributed by atoms with E-state index in [1.807, 2.05) is 41.8 Å². The largest absolute Gasteiger partial charge is 0.497 e. The fourth-order valence-electron chi connectivity index (χ4n) is 1.92. The minimum Gasteiger partial charge on any atom is -0.497 e. The summed E-state index contributed by atoms with van der Waals surface area (Å²) in [6, 6.07) is 11.2. The molecule has 24 heavy (non-hydrogen) atoms. The molecule has 0 aliphatic heterocycles. The van der Waals surface area contributed by atoms with Crippen LogP contribution < -0.4 is 15.8 Å². The second-order valence-corrected chi connectivity index (χ2v) is 5.53. The van der Waals surface area contributed by atoms with Gasteiger partial charge in [-0.1, -0.05) is 0 Å². The molecule has 0 atom stereocenters. The molecule has 0 aliphatic carbocycles. The average molecular weight is 456 g/mol. The van der Waals surface area contributed by atoms with Crippen LogP contribution in [0.25, 0.3) is 10.8 Å². The maximum atomic E-state index is 5.89. The van der Waals surface area contributed by atoms with E-state index in [0.29, 0.717) is 12.5 Å². The lowest BCUT2D eigenvalue weighted by atomic mass is 10.3. The molecule has 3 N–H and O–H groups in total. The molecule has 0 fully saturated rings. The second-order valence-electron chi connectivity index (χ2n) is 4.68. The minimum atomic E-state index is 0. The van der Waals surface area contributed by atoms with Crippen LogP contribution in [0.5, 0.6) is 5.75 Å². The van der Waals surface area contributed by atoms with E-state index in [1.54, 1.807) is 13.4 Å². The van der Waals surface area contributed by atoms with Crippen molar-refractivity contribution in [1.82, 2.24) is 4.98 Å². The van der Waals surface area contributed by atoms with Crippen molar-refractivity contribution in [1.29, 1.82) is 0 Å². The first-order valence-corrected chi connectivity index (χ1v) is 7.82. The number of halogens is 1. The SMILES string of the molecule is COc1ccc(NC(N)=NCc2csc(-c3ccco3)n2)cc1.I. The Morgan fingerprint density at radius 3 is 2.79 bits per heavy atom. The number of guanidine groups is 1. The van der Waals surface area contributed by atoms with Gasteiger partial charge in [0.1, 0.15) is 5.75 Å². The van der Waals surface area contributed by atoms with Crippen molar-refractivity contribution in [3.63, 3.8) is 0 Å². The molecule has 2 aromatic heterocycles. The molecule has 6 nitrogen and oxygen atoms in total. The summed E-state index contributed by atoms with van der Waals surface area (Å²) in [4.78, 5) is 8.76. The third-order valence-corrected chi connectivity index (χ3v) is 3.96. The fraction of sp³-hybridized carbons (Fsp3) is 0.125. The molecule has 126 valence electrons. The zero-order valence-electron chi connectivity index (χ0n) is 12.9. The highest BCUT2D eigenvalue weighted by Crippen LogP contribution is 2.24. The van der Waals surface area contributed by atoms with Crippen molar-refractivity contribution in [3.8, 4) is 16.5 Å². The Morgan fingerprint density at radius 2 is 2.12 bits per heavy atom. The summed E-state index contributed by atoms with van der Waals surface area (Å²) in [5.41, 5.74) is 7.59. The number of ether oxygens (including phenoxy) is 1. The standard InChI is InChI=1S/C16H16N4O2S.HI/c1-21-13-6-4-11(5-7-13)20-16(17)18-9-12-10-23-15(19-12)14-3-2-8-22-14;/h2-8,10H,9H2,1H3,(H3,17,18,20);1H. The Hall–Kier alpha value is -2.07. The van der Waals surface area contributed by atoms with Crippen LogP contribution in [0.15, 0.2) is 57.5 Å². The number of nitrogens with two attached hydrogens (primary N) is 1. The van der Waals surface area contributed by atoms with Gasteiger partial charge >= 0.3 is 0 Å². The molecule has 3 aromatic rings. The number of rotatable bonds is 5. The second kappa shape index (κ2) is 8.69. The molecule has 2 heterocycles. The maximum absolute atomic E-state index is 5.89. The summed E-state index contributed by atoms with van der Waals surface area (Å²) in [5.74, 6) is 1.89. The number of benzene rings is 1. The Bertz CT molecular complexity index is 785. The van der Waals surface area contributed by atoms with Crippen LogP contribution in [0, 0.1) is 0 Å². The van der Waals surface area contributed by atoms with Gasteiger partial charge in [0.25, 0.3) is 0 Å². The highest BCUT2D eigenvalue weighted by molar-refractivity contribution is 14.0. The van der Waals surface area contributed by atoms with E-state index in [-0.39, 0.29) is 24.0 Å². The molecule has 0 saturated carbocycles. The summed E-state index contributed by atoms with van der Waals surface area (Å²) in [6.07, 6.45) is 1.63. The number of thiazole rings is 1. The minimum absolute atomic E-state index is 0. The number of aliphatic imine (C=N–C) groups is 1. The van der Waals surface area contributed by atoms with E-state index >= 15 is 0 Å². The third-order valence-electron chi connectivity index (χ3n) is 3.06. The van der Waals surface area contributed by atoms with E-state index < -0.39 is 0 Å². The predicted molar refractivity (Wildman–Crippen MR) is 107 cm³/mol. The summed E-state index contributed by atoms with van der Waals surface area (Å²) >= 11 is 1.52. The molecule has 1 aromatic carbocycles. The van der Waals surface area contributed by atoms with Crippen molar-refractivity contribution in [3.05, 3.63) is 53.7 Å². The van der Waals surface area contributed by atoms with Gasteiger partial charge < -0.3 is 20.2 Å². The maximum Gasteiger partial charge on any atom is 0.193 e. The summed E-state index contributed by atoms with van der Waals surface area (Å²) in [5, 5.41) is 5.81. The number of hydrogen-bond donors (Lipinski definition) is 2. The number of furan rings is 1. The van der Waals surface area contributed by atoms with Gasteiger partial charge in [0, 0.05) is 11.1 Å². The van der Waals surface area contributed by atoms with Crippen LogP contribution in [-0.4, -0.2) is 18.1 Å². The molecular formula is C16H17IN4O2S. The van der Waals surface area contributed by atoms with Crippen molar-refractivity contribution >= 4 is 47.0 Å². The lowest BCUT2D eigenvalue weighted by molar-refractivity contribution is 0.415. The van der Waals surface area contributed by atoms with Crippen LogP contribution in [0.1, 0.15) is 5.69 Å². The van der Waals surface area contributed by atoms with Crippen molar-refractivity contribution < 1.29 is 9.15 Å².